The zero-order valence-corrected chi connectivity index (χ0v) is 15.7. The Morgan fingerprint density at radius 3 is 2.54 bits per heavy atom. The number of nitrogens with one attached hydrogen (secondary N) is 1. The number of furan rings is 1. The first-order valence-electron chi connectivity index (χ1n) is 8.26. The average molecular weight is 375 g/mol. The molecule has 1 N–H and O–H groups in total. The number of sulfonamides is 1. The summed E-state index contributed by atoms with van der Waals surface area (Å²) in [6.45, 7) is 4.15. The first-order chi connectivity index (χ1) is 12.4. The number of rotatable bonds is 7. The Morgan fingerprint density at radius 1 is 1.15 bits per heavy atom. The van der Waals surface area contributed by atoms with Crippen molar-refractivity contribution < 1.29 is 22.3 Å². The van der Waals surface area contributed by atoms with Crippen LogP contribution in [-0.4, -0.2) is 22.1 Å². The van der Waals surface area contributed by atoms with Crippen molar-refractivity contribution in [3.8, 4) is 11.5 Å². The van der Waals surface area contributed by atoms with E-state index >= 15 is 0 Å². The third kappa shape index (κ3) is 3.68. The topological polar surface area (TPSA) is 77.8 Å². The van der Waals surface area contributed by atoms with Crippen LogP contribution in [-0.2, 0) is 10.0 Å². The number of fused-ring (bicyclic) bond motifs is 1. The number of para-hydroxylation sites is 1. The first kappa shape index (κ1) is 18.3. The van der Waals surface area contributed by atoms with Gasteiger partial charge in [-0.1, -0.05) is 12.1 Å². The minimum atomic E-state index is -3.69. The molecule has 1 unspecified atom stereocenters. The molecule has 0 spiro atoms. The van der Waals surface area contributed by atoms with E-state index in [4.69, 9.17) is 13.9 Å². The summed E-state index contributed by atoms with van der Waals surface area (Å²) in [6.07, 6.45) is 0. The van der Waals surface area contributed by atoms with Crippen LogP contribution in [0.5, 0.6) is 11.5 Å². The fourth-order valence-corrected chi connectivity index (χ4v) is 3.86. The molecular weight excluding hydrogens is 354 g/mol. The lowest BCUT2D eigenvalue weighted by Crippen LogP contribution is -2.26. The van der Waals surface area contributed by atoms with Crippen molar-refractivity contribution in [1.82, 2.24) is 4.72 Å². The van der Waals surface area contributed by atoms with E-state index < -0.39 is 16.1 Å². The van der Waals surface area contributed by atoms with E-state index in [0.717, 1.165) is 5.39 Å². The Morgan fingerprint density at radius 2 is 1.88 bits per heavy atom. The SMILES string of the molecule is CCOc1cccc2cc(C(C)NS(=O)(=O)c3ccc(OC)cc3)oc12. The Hall–Kier alpha value is -2.51. The van der Waals surface area contributed by atoms with E-state index in [-0.39, 0.29) is 4.90 Å². The monoisotopic (exact) mass is 375 g/mol. The molecule has 138 valence electrons. The summed E-state index contributed by atoms with van der Waals surface area (Å²) in [5.41, 5.74) is 0.611. The lowest BCUT2D eigenvalue weighted by atomic mass is 10.2. The van der Waals surface area contributed by atoms with E-state index in [1.54, 1.807) is 19.1 Å². The second-order valence-corrected chi connectivity index (χ2v) is 7.49. The largest absolute Gasteiger partial charge is 0.497 e. The molecule has 1 atom stereocenters. The summed E-state index contributed by atoms with van der Waals surface area (Å²) in [5, 5.41) is 0.862. The smallest absolute Gasteiger partial charge is 0.241 e. The van der Waals surface area contributed by atoms with E-state index in [9.17, 15) is 8.42 Å². The fraction of sp³-hybridized carbons (Fsp3) is 0.263. The molecule has 0 radical (unpaired) electrons. The Balaban J connectivity index is 1.85. The molecule has 0 saturated heterocycles. The standard InChI is InChI=1S/C19H21NO5S/c1-4-24-17-7-5-6-14-12-18(25-19(14)17)13(2)20-26(21,22)16-10-8-15(23-3)9-11-16/h5-13,20H,4H2,1-3H3. The van der Waals surface area contributed by atoms with Gasteiger partial charge in [0, 0.05) is 5.39 Å². The van der Waals surface area contributed by atoms with Gasteiger partial charge in [-0.3, -0.25) is 0 Å². The van der Waals surface area contributed by atoms with Gasteiger partial charge in [-0.05, 0) is 50.2 Å². The number of hydrogen-bond donors (Lipinski definition) is 1. The van der Waals surface area contributed by atoms with Crippen molar-refractivity contribution in [3.05, 3.63) is 54.3 Å². The van der Waals surface area contributed by atoms with Crippen molar-refractivity contribution in [2.75, 3.05) is 13.7 Å². The van der Waals surface area contributed by atoms with Crippen LogP contribution in [0.15, 0.2) is 57.8 Å². The first-order valence-corrected chi connectivity index (χ1v) is 9.74. The summed E-state index contributed by atoms with van der Waals surface area (Å²) in [7, 11) is -2.16. The Bertz CT molecular complexity index is 992. The molecule has 3 rings (SSSR count). The highest BCUT2D eigenvalue weighted by molar-refractivity contribution is 7.89. The van der Waals surface area contributed by atoms with Crippen LogP contribution < -0.4 is 14.2 Å². The molecule has 0 aliphatic heterocycles. The summed E-state index contributed by atoms with van der Waals surface area (Å²) in [4.78, 5) is 0.163. The molecule has 26 heavy (non-hydrogen) atoms. The molecule has 6 nitrogen and oxygen atoms in total. The van der Waals surface area contributed by atoms with E-state index in [2.05, 4.69) is 4.72 Å². The van der Waals surface area contributed by atoms with Crippen molar-refractivity contribution in [2.24, 2.45) is 0 Å². The maximum atomic E-state index is 12.6. The van der Waals surface area contributed by atoms with Crippen LogP contribution in [0.25, 0.3) is 11.0 Å². The molecule has 0 amide bonds. The van der Waals surface area contributed by atoms with Gasteiger partial charge in [-0.25, -0.2) is 13.1 Å². The Labute approximate surface area is 152 Å². The molecule has 2 aromatic carbocycles. The van der Waals surface area contributed by atoms with Crippen molar-refractivity contribution in [1.29, 1.82) is 0 Å². The number of benzene rings is 2. The van der Waals surface area contributed by atoms with Crippen LogP contribution in [0.2, 0.25) is 0 Å². The van der Waals surface area contributed by atoms with Gasteiger partial charge in [0.2, 0.25) is 10.0 Å². The van der Waals surface area contributed by atoms with Gasteiger partial charge in [0.05, 0.1) is 24.7 Å². The maximum Gasteiger partial charge on any atom is 0.241 e. The normalized spacial score (nSPS) is 12.9. The quantitative estimate of drug-likeness (QED) is 0.678. The zero-order valence-electron chi connectivity index (χ0n) is 14.9. The summed E-state index contributed by atoms with van der Waals surface area (Å²) >= 11 is 0. The second-order valence-electron chi connectivity index (χ2n) is 5.77. The lowest BCUT2D eigenvalue weighted by molar-refractivity contribution is 0.336. The van der Waals surface area contributed by atoms with Gasteiger partial charge in [0.1, 0.15) is 11.5 Å². The molecule has 0 bridgehead atoms. The minimum Gasteiger partial charge on any atom is -0.497 e. The summed E-state index contributed by atoms with van der Waals surface area (Å²) in [6, 6.07) is 13.1. The predicted octanol–water partition coefficient (Wildman–Crippen LogP) is 3.88. The van der Waals surface area contributed by atoms with Gasteiger partial charge in [0.25, 0.3) is 0 Å². The van der Waals surface area contributed by atoms with Gasteiger partial charge in [-0.15, -0.1) is 0 Å². The highest BCUT2D eigenvalue weighted by Crippen LogP contribution is 2.31. The van der Waals surface area contributed by atoms with E-state index in [1.165, 1.54) is 19.2 Å². The highest BCUT2D eigenvalue weighted by Gasteiger charge is 2.21. The average Bonchev–Trinajstić information content (AvgIpc) is 3.07. The molecule has 0 fully saturated rings. The highest BCUT2D eigenvalue weighted by atomic mass is 32.2. The van der Waals surface area contributed by atoms with Crippen LogP contribution in [0, 0.1) is 0 Å². The number of hydrogen-bond acceptors (Lipinski definition) is 5. The van der Waals surface area contributed by atoms with Crippen LogP contribution in [0.1, 0.15) is 25.6 Å². The number of methoxy groups -OCH3 is 1. The van der Waals surface area contributed by atoms with Crippen LogP contribution >= 0.6 is 0 Å². The van der Waals surface area contributed by atoms with Crippen LogP contribution in [0.4, 0.5) is 0 Å². The van der Waals surface area contributed by atoms with Crippen molar-refractivity contribution in [3.63, 3.8) is 0 Å². The van der Waals surface area contributed by atoms with Gasteiger partial charge in [-0.2, -0.15) is 0 Å². The van der Waals surface area contributed by atoms with Crippen LogP contribution in [0.3, 0.4) is 0 Å². The minimum absolute atomic E-state index is 0.163. The Kier molecular flexibility index (Phi) is 5.20. The van der Waals surface area contributed by atoms with E-state index in [0.29, 0.717) is 29.4 Å². The predicted molar refractivity (Wildman–Crippen MR) is 99.1 cm³/mol. The summed E-state index contributed by atoms with van der Waals surface area (Å²) in [5.74, 6) is 1.75. The molecule has 7 heteroatoms. The molecule has 0 saturated carbocycles. The second kappa shape index (κ2) is 7.39. The molecule has 0 aliphatic rings. The fourth-order valence-electron chi connectivity index (χ4n) is 2.65. The van der Waals surface area contributed by atoms with Gasteiger partial charge >= 0.3 is 0 Å². The molecule has 1 aromatic heterocycles. The van der Waals surface area contributed by atoms with E-state index in [1.807, 2.05) is 31.2 Å². The molecular formula is C19H21NO5S. The third-order valence-corrected chi connectivity index (χ3v) is 5.51. The molecule has 3 aromatic rings. The number of ether oxygens (including phenoxy) is 2. The third-order valence-electron chi connectivity index (χ3n) is 3.96. The molecule has 0 aliphatic carbocycles. The lowest BCUT2D eigenvalue weighted by Gasteiger charge is -2.12. The molecule has 1 heterocycles. The zero-order chi connectivity index (χ0) is 18.7. The van der Waals surface area contributed by atoms with Gasteiger partial charge in [0.15, 0.2) is 11.3 Å². The van der Waals surface area contributed by atoms with Crippen molar-refractivity contribution >= 4 is 21.0 Å². The van der Waals surface area contributed by atoms with Crippen molar-refractivity contribution in [2.45, 2.75) is 24.8 Å². The summed E-state index contributed by atoms with van der Waals surface area (Å²) < 4.78 is 44.3. The maximum absolute atomic E-state index is 12.6. The van der Waals surface area contributed by atoms with Gasteiger partial charge < -0.3 is 13.9 Å².